The Morgan fingerprint density at radius 3 is 2.71 bits per heavy atom. The maximum Gasteiger partial charge on any atom is 0.102 e. The number of hydrogen-bond donors (Lipinski definition) is 0. The number of benzene rings is 1. The Kier molecular flexibility index (Phi) is 2.54. The highest BCUT2D eigenvalue weighted by Crippen LogP contribution is 2.31. The van der Waals surface area contributed by atoms with Crippen LogP contribution in [-0.4, -0.2) is 11.5 Å². The van der Waals surface area contributed by atoms with Gasteiger partial charge in [-0.15, -0.1) is 0 Å². The summed E-state index contributed by atoms with van der Waals surface area (Å²) >= 11 is 0. The Balaban J connectivity index is 1.93. The van der Waals surface area contributed by atoms with E-state index in [4.69, 9.17) is 0 Å². The molecule has 1 aromatic heterocycles. The van der Waals surface area contributed by atoms with Crippen molar-refractivity contribution in [2.24, 2.45) is 10.3 Å². The third kappa shape index (κ3) is 1.89. The van der Waals surface area contributed by atoms with Crippen LogP contribution in [0.2, 0.25) is 0 Å². The van der Waals surface area contributed by atoms with Gasteiger partial charge in [0.1, 0.15) is 6.04 Å². The molecule has 84 valence electrons. The van der Waals surface area contributed by atoms with Crippen molar-refractivity contribution in [1.82, 2.24) is 4.98 Å². The van der Waals surface area contributed by atoms with Crippen molar-refractivity contribution in [2.75, 3.05) is 11.6 Å². The summed E-state index contributed by atoms with van der Waals surface area (Å²) in [6.07, 6.45) is 3.65. The van der Waals surface area contributed by atoms with Crippen LogP contribution in [0, 0.1) is 0 Å². The molecule has 0 amide bonds. The Hall–Kier alpha value is -2.23. The van der Waals surface area contributed by atoms with E-state index >= 15 is 0 Å². The molecule has 1 aliphatic heterocycles. The average Bonchev–Trinajstić information content (AvgIpc) is 2.90. The van der Waals surface area contributed by atoms with Crippen LogP contribution in [0.4, 0.5) is 5.69 Å². The van der Waals surface area contributed by atoms with Crippen molar-refractivity contribution < 1.29 is 0 Å². The van der Waals surface area contributed by atoms with Crippen LogP contribution >= 0.6 is 0 Å². The molecule has 4 nitrogen and oxygen atoms in total. The number of nitrogens with zero attached hydrogens (tertiary/aromatic N) is 4. The molecule has 0 unspecified atom stereocenters. The Bertz CT molecular complexity index is 509. The minimum Gasteiger partial charge on any atom is -0.264 e. The maximum atomic E-state index is 4.19. The molecule has 1 aliphatic rings. The predicted octanol–water partition coefficient (Wildman–Crippen LogP) is 3.01. The lowest BCUT2D eigenvalue weighted by atomic mass is 10.1. The van der Waals surface area contributed by atoms with Gasteiger partial charge in [0, 0.05) is 12.4 Å². The summed E-state index contributed by atoms with van der Waals surface area (Å²) in [5.41, 5.74) is 2.20. The number of hydrogen-bond acceptors (Lipinski definition) is 4. The highest BCUT2D eigenvalue weighted by molar-refractivity contribution is 5.48. The van der Waals surface area contributed by atoms with Gasteiger partial charge in [-0.25, -0.2) is 5.01 Å². The summed E-state index contributed by atoms with van der Waals surface area (Å²) in [5, 5.41) is 10.3. The zero-order chi connectivity index (χ0) is 11.5. The molecule has 2 heterocycles. The molecular weight excluding hydrogens is 212 g/mol. The van der Waals surface area contributed by atoms with Gasteiger partial charge in [0.2, 0.25) is 0 Å². The number of aromatic nitrogens is 1. The average molecular weight is 224 g/mol. The van der Waals surface area contributed by atoms with Crippen LogP contribution in [-0.2, 0) is 0 Å². The van der Waals surface area contributed by atoms with Gasteiger partial charge in [-0.3, -0.25) is 4.98 Å². The van der Waals surface area contributed by atoms with E-state index < -0.39 is 0 Å². The molecule has 3 rings (SSSR count). The molecule has 0 saturated carbocycles. The monoisotopic (exact) mass is 224 g/mol. The van der Waals surface area contributed by atoms with Crippen LogP contribution in [0.3, 0.4) is 0 Å². The number of pyridine rings is 1. The van der Waals surface area contributed by atoms with Crippen molar-refractivity contribution >= 4 is 5.69 Å². The van der Waals surface area contributed by atoms with E-state index in [9.17, 15) is 0 Å². The quantitative estimate of drug-likeness (QED) is 0.786. The number of anilines is 1. The van der Waals surface area contributed by atoms with Crippen molar-refractivity contribution in [3.05, 3.63) is 60.4 Å². The molecule has 2 aromatic rings. The van der Waals surface area contributed by atoms with E-state index in [0.29, 0.717) is 6.54 Å². The third-order valence-corrected chi connectivity index (χ3v) is 2.80. The lowest BCUT2D eigenvalue weighted by Gasteiger charge is -2.21. The fourth-order valence-electron chi connectivity index (χ4n) is 1.95. The van der Waals surface area contributed by atoms with Crippen LogP contribution in [0.15, 0.2) is 65.2 Å². The van der Waals surface area contributed by atoms with Crippen molar-refractivity contribution in [3.8, 4) is 0 Å². The zero-order valence-electron chi connectivity index (χ0n) is 9.27. The first-order valence-electron chi connectivity index (χ1n) is 5.57. The minimum absolute atomic E-state index is 0.158. The van der Waals surface area contributed by atoms with Crippen LogP contribution in [0.1, 0.15) is 11.6 Å². The second-order valence-corrected chi connectivity index (χ2v) is 3.90. The van der Waals surface area contributed by atoms with E-state index in [2.05, 4.69) is 21.4 Å². The first kappa shape index (κ1) is 9.96. The van der Waals surface area contributed by atoms with E-state index in [-0.39, 0.29) is 6.04 Å². The smallest absolute Gasteiger partial charge is 0.102 e. The second kappa shape index (κ2) is 4.33. The van der Waals surface area contributed by atoms with Crippen LogP contribution < -0.4 is 5.01 Å². The van der Waals surface area contributed by atoms with E-state index in [1.54, 1.807) is 6.20 Å². The first-order chi connectivity index (χ1) is 8.45. The van der Waals surface area contributed by atoms with Gasteiger partial charge < -0.3 is 0 Å². The predicted molar refractivity (Wildman–Crippen MR) is 65.6 cm³/mol. The molecule has 4 heteroatoms. The van der Waals surface area contributed by atoms with E-state index in [1.807, 2.05) is 47.6 Å². The second-order valence-electron chi connectivity index (χ2n) is 3.90. The molecule has 0 saturated heterocycles. The van der Waals surface area contributed by atoms with Crippen LogP contribution in [0.25, 0.3) is 0 Å². The van der Waals surface area contributed by atoms with Crippen molar-refractivity contribution in [2.45, 2.75) is 6.04 Å². The Morgan fingerprint density at radius 1 is 1.06 bits per heavy atom. The third-order valence-electron chi connectivity index (χ3n) is 2.80. The number of rotatable bonds is 2. The molecule has 0 fully saturated rings. The molecule has 0 spiro atoms. The molecular formula is C13H12N4. The largest absolute Gasteiger partial charge is 0.264 e. The van der Waals surface area contributed by atoms with Gasteiger partial charge in [0.15, 0.2) is 0 Å². The van der Waals surface area contributed by atoms with Gasteiger partial charge in [0.25, 0.3) is 0 Å². The van der Waals surface area contributed by atoms with E-state index in [1.165, 1.54) is 0 Å². The molecule has 17 heavy (non-hydrogen) atoms. The summed E-state index contributed by atoms with van der Waals surface area (Å²) in [5.74, 6) is 0. The van der Waals surface area contributed by atoms with Crippen molar-refractivity contribution in [3.63, 3.8) is 0 Å². The summed E-state index contributed by atoms with van der Waals surface area (Å²) < 4.78 is 0. The molecule has 0 N–H and O–H groups in total. The lowest BCUT2D eigenvalue weighted by molar-refractivity contribution is 0.728. The molecule has 0 bridgehead atoms. The van der Waals surface area contributed by atoms with Gasteiger partial charge in [-0.2, -0.15) is 5.11 Å². The van der Waals surface area contributed by atoms with E-state index in [0.717, 1.165) is 11.3 Å². The fraction of sp³-hybridized carbons (Fsp3) is 0.154. The SMILES string of the molecule is c1ccc(N2N=NC[C@H]2c2cccnc2)cc1. The lowest BCUT2D eigenvalue weighted by Crippen LogP contribution is -2.20. The molecule has 0 aliphatic carbocycles. The topological polar surface area (TPSA) is 40.9 Å². The fourth-order valence-corrected chi connectivity index (χ4v) is 1.95. The van der Waals surface area contributed by atoms with Gasteiger partial charge in [-0.05, 0) is 23.8 Å². The summed E-state index contributed by atoms with van der Waals surface area (Å²) in [4.78, 5) is 4.15. The first-order valence-corrected chi connectivity index (χ1v) is 5.57. The van der Waals surface area contributed by atoms with Gasteiger partial charge in [-0.1, -0.05) is 29.5 Å². The molecule has 1 atom stereocenters. The summed E-state index contributed by atoms with van der Waals surface area (Å²) in [6.45, 7) is 0.681. The maximum absolute atomic E-state index is 4.19. The summed E-state index contributed by atoms with van der Waals surface area (Å²) in [6, 6.07) is 14.2. The Morgan fingerprint density at radius 2 is 1.94 bits per heavy atom. The standard InChI is InChI=1S/C13H12N4/c1-2-6-12(7-3-1)17-13(10-15-16-17)11-5-4-8-14-9-11/h1-9,13H,10H2/t13-/m0/s1. The molecule has 0 radical (unpaired) electrons. The number of para-hydroxylation sites is 1. The zero-order valence-corrected chi connectivity index (χ0v) is 9.27. The summed E-state index contributed by atoms with van der Waals surface area (Å²) in [7, 11) is 0. The van der Waals surface area contributed by atoms with Crippen molar-refractivity contribution in [1.29, 1.82) is 0 Å². The minimum atomic E-state index is 0.158. The normalized spacial score (nSPS) is 18.6. The molecule has 1 aromatic carbocycles. The van der Waals surface area contributed by atoms with Crippen LogP contribution in [0.5, 0.6) is 0 Å². The highest BCUT2D eigenvalue weighted by Gasteiger charge is 2.25. The highest BCUT2D eigenvalue weighted by atomic mass is 15.6. The van der Waals surface area contributed by atoms with Gasteiger partial charge >= 0.3 is 0 Å². The Labute approximate surface area is 99.6 Å². The van der Waals surface area contributed by atoms with Gasteiger partial charge in [0.05, 0.1) is 12.2 Å².